The summed E-state index contributed by atoms with van der Waals surface area (Å²) in [5, 5.41) is 1.00. The van der Waals surface area contributed by atoms with Crippen molar-refractivity contribution in [2.75, 3.05) is 14.2 Å². The van der Waals surface area contributed by atoms with E-state index in [1.54, 1.807) is 38.5 Å². The first-order valence-electron chi connectivity index (χ1n) is 8.42. The lowest BCUT2D eigenvalue weighted by Gasteiger charge is -2.19. The molecule has 0 unspecified atom stereocenters. The van der Waals surface area contributed by atoms with Gasteiger partial charge in [-0.1, -0.05) is 61.7 Å². The van der Waals surface area contributed by atoms with Gasteiger partial charge in [-0.05, 0) is 58.7 Å². The van der Waals surface area contributed by atoms with Crippen molar-refractivity contribution >= 4 is 34.9 Å². The molecule has 0 aliphatic carbocycles. The maximum atomic E-state index is 6.12. The molecule has 0 heterocycles. The standard InChI is InChI=1S/C24H22Cl2O2/c1-7-19-20(21-11-10-18(26)14-23(21)28-6)12-13-22(27-5)24(19)17(4)15(2)8-9-16(3)25/h7-14H,1-4H2,5-6H3/b9-8-. The van der Waals surface area contributed by atoms with Gasteiger partial charge >= 0.3 is 0 Å². The molecule has 2 aromatic carbocycles. The molecule has 0 saturated carbocycles. The molecule has 4 heteroatoms. The SMILES string of the molecule is C=Cc1c(-c2ccc(Cl)cc2OC)ccc(OC)c1C(=C)C(=C)/C=C\C(=C)Cl. The number of ether oxygens (including phenoxy) is 2. The van der Waals surface area contributed by atoms with Gasteiger partial charge in [0.2, 0.25) is 0 Å². The number of allylic oxidation sites excluding steroid dienone is 5. The highest BCUT2D eigenvalue weighted by molar-refractivity contribution is 6.31. The van der Waals surface area contributed by atoms with Crippen LogP contribution in [0.3, 0.4) is 0 Å². The molecule has 0 fully saturated rings. The third-order valence-corrected chi connectivity index (χ3v) is 4.60. The second kappa shape index (κ2) is 9.50. The Kier molecular flexibility index (Phi) is 7.33. The van der Waals surface area contributed by atoms with Gasteiger partial charge in [-0.3, -0.25) is 0 Å². The first-order valence-corrected chi connectivity index (χ1v) is 9.18. The highest BCUT2D eigenvalue weighted by Crippen LogP contribution is 2.42. The Hall–Kier alpha value is -2.68. The predicted molar refractivity (Wildman–Crippen MR) is 122 cm³/mol. The van der Waals surface area contributed by atoms with Crippen molar-refractivity contribution in [3.05, 3.63) is 95.6 Å². The molecule has 0 aliphatic rings. The molecule has 2 nitrogen and oxygen atoms in total. The Morgan fingerprint density at radius 2 is 1.57 bits per heavy atom. The van der Waals surface area contributed by atoms with Crippen molar-refractivity contribution < 1.29 is 9.47 Å². The largest absolute Gasteiger partial charge is 0.496 e. The van der Waals surface area contributed by atoms with Crippen LogP contribution in [-0.4, -0.2) is 14.2 Å². The summed E-state index contributed by atoms with van der Waals surface area (Å²) in [7, 11) is 3.22. The quantitative estimate of drug-likeness (QED) is 0.416. The number of methoxy groups -OCH3 is 2. The van der Waals surface area contributed by atoms with E-state index >= 15 is 0 Å². The van der Waals surface area contributed by atoms with Crippen LogP contribution in [0.25, 0.3) is 22.8 Å². The summed E-state index contributed by atoms with van der Waals surface area (Å²) in [5.41, 5.74) is 4.82. The summed E-state index contributed by atoms with van der Waals surface area (Å²) in [6.45, 7) is 15.9. The van der Waals surface area contributed by atoms with Crippen LogP contribution in [0.2, 0.25) is 5.02 Å². The normalized spacial score (nSPS) is 10.6. The van der Waals surface area contributed by atoms with Gasteiger partial charge < -0.3 is 9.47 Å². The van der Waals surface area contributed by atoms with Gasteiger partial charge in [0, 0.05) is 21.2 Å². The average molecular weight is 413 g/mol. The first kappa shape index (κ1) is 21.6. The summed E-state index contributed by atoms with van der Waals surface area (Å²) >= 11 is 11.9. The van der Waals surface area contributed by atoms with Crippen molar-refractivity contribution in [1.29, 1.82) is 0 Å². The molecule has 0 aromatic heterocycles. The molecule has 144 valence electrons. The number of rotatable bonds is 8. The molecule has 0 spiro atoms. The molecule has 0 aliphatic heterocycles. The highest BCUT2D eigenvalue weighted by Gasteiger charge is 2.19. The molecular weight excluding hydrogens is 391 g/mol. The van der Waals surface area contributed by atoms with Gasteiger partial charge in [0.1, 0.15) is 11.5 Å². The molecular formula is C24H22Cl2O2. The van der Waals surface area contributed by atoms with Crippen LogP contribution < -0.4 is 9.47 Å². The first-order chi connectivity index (χ1) is 13.3. The van der Waals surface area contributed by atoms with E-state index in [2.05, 4.69) is 26.3 Å². The Morgan fingerprint density at radius 1 is 0.929 bits per heavy atom. The molecule has 2 rings (SSSR count). The fourth-order valence-corrected chi connectivity index (χ4v) is 3.09. The molecule has 0 N–H and O–H groups in total. The minimum Gasteiger partial charge on any atom is -0.496 e. The second-order valence-corrected chi connectivity index (χ2v) is 6.86. The maximum Gasteiger partial charge on any atom is 0.128 e. The second-order valence-electron chi connectivity index (χ2n) is 5.94. The van der Waals surface area contributed by atoms with E-state index in [4.69, 9.17) is 32.7 Å². The summed E-state index contributed by atoms with van der Waals surface area (Å²) in [6, 6.07) is 9.34. The summed E-state index contributed by atoms with van der Waals surface area (Å²) in [4.78, 5) is 0. The van der Waals surface area contributed by atoms with Crippen LogP contribution in [0.5, 0.6) is 11.5 Å². The van der Waals surface area contributed by atoms with Crippen LogP contribution in [0, 0.1) is 0 Å². The Labute approximate surface area is 176 Å². The number of hydrogen-bond acceptors (Lipinski definition) is 2. The lowest BCUT2D eigenvalue weighted by atomic mass is 9.88. The van der Waals surface area contributed by atoms with Crippen LogP contribution in [0.4, 0.5) is 0 Å². The fraction of sp³-hybridized carbons (Fsp3) is 0.0833. The minimum atomic E-state index is 0.407. The maximum absolute atomic E-state index is 6.12. The molecule has 0 atom stereocenters. The molecule has 0 amide bonds. The molecule has 0 saturated heterocycles. The zero-order valence-electron chi connectivity index (χ0n) is 16.0. The van der Waals surface area contributed by atoms with Gasteiger partial charge in [0.25, 0.3) is 0 Å². The summed E-state index contributed by atoms with van der Waals surface area (Å²) in [6.07, 6.45) is 5.20. The van der Waals surface area contributed by atoms with E-state index in [0.29, 0.717) is 32.7 Å². The van der Waals surface area contributed by atoms with Gasteiger partial charge in [-0.15, -0.1) is 0 Å². The highest BCUT2D eigenvalue weighted by atomic mass is 35.5. The lowest BCUT2D eigenvalue weighted by Crippen LogP contribution is -1.99. The van der Waals surface area contributed by atoms with E-state index in [0.717, 1.165) is 22.3 Å². The van der Waals surface area contributed by atoms with Crippen molar-refractivity contribution in [2.24, 2.45) is 0 Å². The third kappa shape index (κ3) is 4.59. The number of hydrogen-bond donors (Lipinski definition) is 0. The number of halogens is 2. The smallest absolute Gasteiger partial charge is 0.128 e. The topological polar surface area (TPSA) is 18.5 Å². The molecule has 2 aromatic rings. The zero-order chi connectivity index (χ0) is 20.8. The lowest BCUT2D eigenvalue weighted by molar-refractivity contribution is 0.413. The van der Waals surface area contributed by atoms with Gasteiger partial charge in [-0.25, -0.2) is 0 Å². The monoisotopic (exact) mass is 412 g/mol. The van der Waals surface area contributed by atoms with Crippen molar-refractivity contribution in [3.63, 3.8) is 0 Å². The van der Waals surface area contributed by atoms with Crippen LogP contribution in [0.15, 0.2) is 79.4 Å². The predicted octanol–water partition coefficient (Wildman–Crippen LogP) is 7.55. The Balaban J connectivity index is 2.72. The summed E-state index contributed by atoms with van der Waals surface area (Å²) < 4.78 is 11.1. The molecule has 28 heavy (non-hydrogen) atoms. The minimum absolute atomic E-state index is 0.407. The zero-order valence-corrected chi connectivity index (χ0v) is 17.5. The van der Waals surface area contributed by atoms with Gasteiger partial charge in [-0.2, -0.15) is 0 Å². The number of benzene rings is 2. The van der Waals surface area contributed by atoms with Crippen molar-refractivity contribution in [1.82, 2.24) is 0 Å². The van der Waals surface area contributed by atoms with Gasteiger partial charge in [0.15, 0.2) is 0 Å². The van der Waals surface area contributed by atoms with Crippen LogP contribution >= 0.6 is 23.2 Å². The van der Waals surface area contributed by atoms with Crippen molar-refractivity contribution in [2.45, 2.75) is 0 Å². The van der Waals surface area contributed by atoms with E-state index in [9.17, 15) is 0 Å². The van der Waals surface area contributed by atoms with Crippen molar-refractivity contribution in [3.8, 4) is 22.6 Å². The fourth-order valence-electron chi connectivity index (χ4n) is 2.87. The van der Waals surface area contributed by atoms with E-state index < -0.39 is 0 Å². The van der Waals surface area contributed by atoms with Gasteiger partial charge in [0.05, 0.1) is 14.2 Å². The van der Waals surface area contributed by atoms with E-state index in [1.807, 2.05) is 24.3 Å². The van der Waals surface area contributed by atoms with Crippen LogP contribution in [0.1, 0.15) is 11.1 Å². The van der Waals surface area contributed by atoms with E-state index in [1.165, 1.54) is 0 Å². The Bertz CT molecular complexity index is 984. The van der Waals surface area contributed by atoms with E-state index in [-0.39, 0.29) is 0 Å². The Morgan fingerprint density at radius 3 is 2.14 bits per heavy atom. The molecule has 0 bridgehead atoms. The molecule has 0 radical (unpaired) electrons. The van der Waals surface area contributed by atoms with Crippen LogP contribution in [-0.2, 0) is 0 Å². The average Bonchev–Trinajstić information content (AvgIpc) is 2.70. The summed E-state index contributed by atoms with van der Waals surface area (Å²) in [5.74, 6) is 1.32. The third-order valence-electron chi connectivity index (χ3n) is 4.24.